The lowest BCUT2D eigenvalue weighted by Gasteiger charge is -2.28. The summed E-state index contributed by atoms with van der Waals surface area (Å²) in [5, 5.41) is 24.7. The summed E-state index contributed by atoms with van der Waals surface area (Å²) in [4.78, 5) is 35.4. The van der Waals surface area contributed by atoms with Crippen molar-refractivity contribution in [3.63, 3.8) is 0 Å². The molecule has 146 valence electrons. The van der Waals surface area contributed by atoms with Crippen LogP contribution in [0.15, 0.2) is 36.4 Å². The zero-order valence-electron chi connectivity index (χ0n) is 14.5. The summed E-state index contributed by atoms with van der Waals surface area (Å²) >= 11 is 5.97. The van der Waals surface area contributed by atoms with Gasteiger partial charge in [0.1, 0.15) is 5.69 Å². The first-order valence-corrected chi connectivity index (χ1v) is 8.61. The average molecular weight is 407 g/mol. The van der Waals surface area contributed by atoms with Crippen molar-refractivity contribution < 1.29 is 19.4 Å². The summed E-state index contributed by atoms with van der Waals surface area (Å²) in [5.41, 5.74) is 0.242. The van der Waals surface area contributed by atoms with Gasteiger partial charge in [-0.25, -0.2) is 0 Å². The summed E-state index contributed by atoms with van der Waals surface area (Å²) in [6, 6.07) is 7.81. The molecule has 0 saturated carbocycles. The number of nitro groups is 2. The van der Waals surface area contributed by atoms with E-state index in [1.165, 1.54) is 30.3 Å². The van der Waals surface area contributed by atoms with E-state index in [1.54, 1.807) is 0 Å². The number of nitro benzene ring substituents is 2. The van der Waals surface area contributed by atoms with E-state index in [0.717, 1.165) is 6.07 Å². The summed E-state index contributed by atoms with van der Waals surface area (Å²) < 4.78 is 5.25. The summed E-state index contributed by atoms with van der Waals surface area (Å²) in [7, 11) is 0. The normalized spacial score (nSPS) is 13.8. The smallest absolute Gasteiger partial charge is 0.293 e. The van der Waals surface area contributed by atoms with E-state index in [-0.39, 0.29) is 27.6 Å². The molecule has 0 aromatic heterocycles. The maximum Gasteiger partial charge on any atom is 0.293 e. The fourth-order valence-electron chi connectivity index (χ4n) is 2.80. The Hall–Kier alpha value is -3.24. The van der Waals surface area contributed by atoms with Gasteiger partial charge in [0.15, 0.2) is 0 Å². The van der Waals surface area contributed by atoms with Crippen LogP contribution in [-0.4, -0.2) is 42.1 Å². The Morgan fingerprint density at radius 1 is 1.07 bits per heavy atom. The third-order valence-electron chi connectivity index (χ3n) is 4.20. The quantitative estimate of drug-likeness (QED) is 0.596. The fraction of sp³-hybridized carbons (Fsp3) is 0.235. The minimum Gasteiger partial charge on any atom is -0.378 e. The Kier molecular flexibility index (Phi) is 5.71. The molecule has 0 unspecified atom stereocenters. The topological polar surface area (TPSA) is 128 Å². The molecule has 0 radical (unpaired) electrons. The van der Waals surface area contributed by atoms with Crippen molar-refractivity contribution in [2.45, 2.75) is 0 Å². The van der Waals surface area contributed by atoms with E-state index in [9.17, 15) is 25.0 Å². The number of nitrogens with one attached hydrogen (secondary N) is 1. The monoisotopic (exact) mass is 406 g/mol. The maximum atomic E-state index is 12.5. The SMILES string of the molecule is O=C(Nc1ccc([N+](=O)[O-])cc1Cl)c1ccc(N2CCOCC2)c([N+](=O)[O-])c1. The van der Waals surface area contributed by atoms with Crippen LogP contribution in [0.3, 0.4) is 0 Å². The first kappa shape index (κ1) is 19.5. The van der Waals surface area contributed by atoms with Gasteiger partial charge in [-0.15, -0.1) is 0 Å². The summed E-state index contributed by atoms with van der Waals surface area (Å²) in [6.45, 7) is 1.98. The van der Waals surface area contributed by atoms with Crippen LogP contribution in [0.25, 0.3) is 0 Å². The van der Waals surface area contributed by atoms with Crippen molar-refractivity contribution in [2.75, 3.05) is 36.5 Å². The number of carbonyl (C=O) groups is 1. The summed E-state index contributed by atoms with van der Waals surface area (Å²) in [6.07, 6.45) is 0. The van der Waals surface area contributed by atoms with Crippen molar-refractivity contribution >= 4 is 40.3 Å². The first-order valence-electron chi connectivity index (χ1n) is 8.23. The van der Waals surface area contributed by atoms with Crippen LogP contribution in [0.5, 0.6) is 0 Å². The van der Waals surface area contributed by atoms with E-state index in [2.05, 4.69) is 5.32 Å². The van der Waals surface area contributed by atoms with Gasteiger partial charge in [-0.05, 0) is 18.2 Å². The number of rotatable bonds is 5. The second kappa shape index (κ2) is 8.19. The number of amides is 1. The van der Waals surface area contributed by atoms with Crippen LogP contribution in [0.1, 0.15) is 10.4 Å². The van der Waals surface area contributed by atoms with Crippen molar-refractivity contribution in [1.82, 2.24) is 0 Å². The maximum absolute atomic E-state index is 12.5. The van der Waals surface area contributed by atoms with Crippen molar-refractivity contribution in [1.29, 1.82) is 0 Å². The van der Waals surface area contributed by atoms with Crippen LogP contribution in [-0.2, 0) is 4.74 Å². The standard InChI is InChI=1S/C17H15ClN4O6/c18-13-10-12(21(24)25)2-3-14(13)19-17(23)11-1-4-15(16(9-11)22(26)27)20-5-7-28-8-6-20/h1-4,9-10H,5-8H2,(H,19,23). The third-order valence-corrected chi connectivity index (χ3v) is 4.51. The lowest BCUT2D eigenvalue weighted by atomic mass is 10.1. The Balaban J connectivity index is 1.85. The average Bonchev–Trinajstić information content (AvgIpc) is 2.69. The Bertz CT molecular complexity index is 945. The largest absolute Gasteiger partial charge is 0.378 e. The summed E-state index contributed by atoms with van der Waals surface area (Å²) in [5.74, 6) is -0.618. The first-order chi connectivity index (χ1) is 13.4. The number of hydrogen-bond donors (Lipinski definition) is 1. The molecule has 0 aliphatic carbocycles. The van der Waals surface area contributed by atoms with Crippen LogP contribution in [0, 0.1) is 20.2 Å². The lowest BCUT2D eigenvalue weighted by molar-refractivity contribution is -0.384. The lowest BCUT2D eigenvalue weighted by Crippen LogP contribution is -2.36. The number of non-ortho nitro benzene ring substituents is 1. The predicted octanol–water partition coefficient (Wildman–Crippen LogP) is 3.25. The molecular formula is C17H15ClN4O6. The molecule has 1 aliphatic heterocycles. The molecule has 2 aromatic rings. The van der Waals surface area contributed by atoms with Gasteiger partial charge in [-0.1, -0.05) is 11.6 Å². The number of carbonyl (C=O) groups excluding carboxylic acids is 1. The van der Waals surface area contributed by atoms with Gasteiger partial charge in [0.05, 0.1) is 33.8 Å². The molecule has 0 spiro atoms. The van der Waals surface area contributed by atoms with Gasteiger partial charge in [-0.3, -0.25) is 25.0 Å². The highest BCUT2D eigenvalue weighted by Gasteiger charge is 2.23. The highest BCUT2D eigenvalue weighted by molar-refractivity contribution is 6.34. The number of morpholine rings is 1. The zero-order valence-corrected chi connectivity index (χ0v) is 15.2. The zero-order chi connectivity index (χ0) is 20.3. The van der Waals surface area contributed by atoms with Crippen LogP contribution >= 0.6 is 11.6 Å². The van der Waals surface area contributed by atoms with Gasteiger partial charge in [0, 0.05) is 36.9 Å². The number of nitrogens with zero attached hydrogens (tertiary/aromatic N) is 3. The van der Waals surface area contributed by atoms with Gasteiger partial charge < -0.3 is 15.0 Å². The molecule has 1 N–H and O–H groups in total. The van der Waals surface area contributed by atoms with E-state index in [4.69, 9.17) is 16.3 Å². The highest BCUT2D eigenvalue weighted by atomic mass is 35.5. The van der Waals surface area contributed by atoms with Gasteiger partial charge in [-0.2, -0.15) is 0 Å². The number of anilines is 2. The Morgan fingerprint density at radius 3 is 2.39 bits per heavy atom. The van der Waals surface area contributed by atoms with Gasteiger partial charge in [0.2, 0.25) is 0 Å². The molecule has 1 fully saturated rings. The second-order valence-electron chi connectivity index (χ2n) is 5.94. The molecule has 1 amide bonds. The molecule has 2 aromatic carbocycles. The number of halogens is 1. The second-order valence-corrected chi connectivity index (χ2v) is 6.34. The fourth-order valence-corrected chi connectivity index (χ4v) is 3.02. The van der Waals surface area contributed by atoms with E-state index < -0.39 is 15.8 Å². The number of benzene rings is 2. The Labute approximate surface area is 164 Å². The van der Waals surface area contributed by atoms with Crippen LogP contribution < -0.4 is 10.2 Å². The molecule has 1 aliphatic rings. The molecule has 11 heteroatoms. The van der Waals surface area contributed by atoms with Crippen molar-refractivity contribution in [2.24, 2.45) is 0 Å². The van der Waals surface area contributed by atoms with Crippen LogP contribution in [0.2, 0.25) is 5.02 Å². The Morgan fingerprint density at radius 2 is 1.79 bits per heavy atom. The minimum atomic E-state index is -0.618. The number of hydrogen-bond acceptors (Lipinski definition) is 7. The minimum absolute atomic E-state index is 0.0120. The molecule has 1 saturated heterocycles. The molecule has 1 heterocycles. The van der Waals surface area contributed by atoms with E-state index >= 15 is 0 Å². The van der Waals surface area contributed by atoms with Crippen molar-refractivity contribution in [3.8, 4) is 0 Å². The van der Waals surface area contributed by atoms with Gasteiger partial charge >= 0.3 is 0 Å². The molecular weight excluding hydrogens is 392 g/mol. The highest BCUT2D eigenvalue weighted by Crippen LogP contribution is 2.31. The molecule has 10 nitrogen and oxygen atoms in total. The van der Waals surface area contributed by atoms with E-state index in [0.29, 0.717) is 32.0 Å². The van der Waals surface area contributed by atoms with Gasteiger partial charge in [0.25, 0.3) is 17.3 Å². The molecule has 28 heavy (non-hydrogen) atoms. The molecule has 0 atom stereocenters. The number of ether oxygens (including phenoxy) is 1. The predicted molar refractivity (Wildman–Crippen MR) is 102 cm³/mol. The van der Waals surface area contributed by atoms with Crippen LogP contribution in [0.4, 0.5) is 22.7 Å². The van der Waals surface area contributed by atoms with Crippen molar-refractivity contribution in [3.05, 3.63) is 67.2 Å². The third kappa shape index (κ3) is 4.18. The van der Waals surface area contributed by atoms with E-state index in [1.807, 2.05) is 4.90 Å². The molecule has 0 bridgehead atoms. The molecule has 3 rings (SSSR count).